The van der Waals surface area contributed by atoms with Gasteiger partial charge in [0.1, 0.15) is 29.1 Å². The van der Waals surface area contributed by atoms with E-state index in [4.69, 9.17) is 11.6 Å². The van der Waals surface area contributed by atoms with Crippen molar-refractivity contribution in [1.82, 2.24) is 24.5 Å². The molecule has 34 heavy (non-hydrogen) atoms. The number of rotatable bonds is 6. The van der Waals surface area contributed by atoms with E-state index in [-0.39, 0.29) is 34.6 Å². The summed E-state index contributed by atoms with van der Waals surface area (Å²) < 4.78 is 16.3. The minimum atomic E-state index is -1.03. The largest absolute Gasteiger partial charge is 0.393 e. The molecule has 3 aromatic heterocycles. The average molecular weight is 490 g/mol. The summed E-state index contributed by atoms with van der Waals surface area (Å²) in [5, 5.41) is 23.1. The molecule has 5 rings (SSSR count). The number of carbonyl (C=O) groups is 1. The van der Waals surface area contributed by atoms with Gasteiger partial charge >= 0.3 is 0 Å². The number of hydrogen-bond donors (Lipinski definition) is 4. The Morgan fingerprint density at radius 3 is 2.68 bits per heavy atom. The van der Waals surface area contributed by atoms with E-state index in [0.717, 1.165) is 0 Å². The average Bonchev–Trinajstić information content (AvgIpc) is 3.33. The third-order valence-corrected chi connectivity index (χ3v) is 6.54. The maximum atomic E-state index is 13.2. The number of nitrogens with zero attached hydrogens (tertiary/aromatic N) is 4. The number of amides is 1. The lowest BCUT2D eigenvalue weighted by Crippen LogP contribution is -2.30. The van der Waals surface area contributed by atoms with Crippen molar-refractivity contribution in [3.8, 4) is 0 Å². The Kier molecular flexibility index (Phi) is 5.90. The van der Waals surface area contributed by atoms with Crippen molar-refractivity contribution in [2.45, 2.75) is 56.5 Å². The first-order chi connectivity index (χ1) is 16.3. The third kappa shape index (κ3) is 4.32. The maximum Gasteiger partial charge on any atom is 0.274 e. The summed E-state index contributed by atoms with van der Waals surface area (Å²) in [6.07, 6.45) is 4.56. The van der Waals surface area contributed by atoms with Crippen molar-refractivity contribution < 1.29 is 14.3 Å². The van der Waals surface area contributed by atoms with Gasteiger partial charge in [-0.05, 0) is 31.7 Å². The van der Waals surface area contributed by atoms with Crippen LogP contribution in [0.25, 0.3) is 5.65 Å². The zero-order valence-electron chi connectivity index (χ0n) is 18.5. The molecule has 2 aliphatic rings. The van der Waals surface area contributed by atoms with E-state index in [1.165, 1.54) is 16.8 Å². The lowest BCUT2D eigenvalue weighted by atomic mass is 9.93. The van der Waals surface area contributed by atoms with E-state index in [1.807, 2.05) is 0 Å². The number of pyridine rings is 1. The van der Waals surface area contributed by atoms with Gasteiger partial charge in [-0.15, -0.1) is 0 Å². The SMILES string of the molecule is CNc1cc(Nc2cc(Cl)cn([C@H]3CC[C@H](O)CC3)c2=O)nc2c(C(=O)N[C@H]3C[C@H]3F)cnn12. The van der Waals surface area contributed by atoms with Crippen LogP contribution in [0.3, 0.4) is 0 Å². The molecular weight excluding hydrogens is 465 g/mol. The number of carbonyl (C=O) groups excluding carboxylic acids is 1. The highest BCUT2D eigenvalue weighted by atomic mass is 35.5. The highest BCUT2D eigenvalue weighted by Gasteiger charge is 2.39. The van der Waals surface area contributed by atoms with Gasteiger partial charge in [0.05, 0.1) is 23.4 Å². The fourth-order valence-electron chi connectivity index (χ4n) is 4.33. The smallest absolute Gasteiger partial charge is 0.274 e. The fraction of sp³-hybridized carbons (Fsp3) is 0.455. The van der Waals surface area contributed by atoms with Crippen LogP contribution in [0.5, 0.6) is 0 Å². The van der Waals surface area contributed by atoms with E-state index in [0.29, 0.717) is 48.8 Å². The monoisotopic (exact) mass is 489 g/mol. The van der Waals surface area contributed by atoms with Gasteiger partial charge in [0.15, 0.2) is 5.65 Å². The number of hydrogen-bond acceptors (Lipinski definition) is 7. The molecule has 3 aromatic rings. The van der Waals surface area contributed by atoms with E-state index >= 15 is 0 Å². The maximum absolute atomic E-state index is 13.2. The molecular formula is C22H25ClFN7O3. The Labute approximate surface area is 199 Å². The van der Waals surface area contributed by atoms with E-state index in [2.05, 4.69) is 26.0 Å². The summed E-state index contributed by atoms with van der Waals surface area (Å²) in [4.78, 5) is 30.4. The minimum Gasteiger partial charge on any atom is -0.393 e. The minimum absolute atomic E-state index is 0.0506. The van der Waals surface area contributed by atoms with Gasteiger partial charge in [-0.2, -0.15) is 9.61 Å². The molecule has 0 radical (unpaired) electrons. The Balaban J connectivity index is 1.48. The van der Waals surface area contributed by atoms with Crippen molar-refractivity contribution in [1.29, 1.82) is 0 Å². The summed E-state index contributed by atoms with van der Waals surface area (Å²) >= 11 is 6.33. The summed E-state index contributed by atoms with van der Waals surface area (Å²) in [7, 11) is 1.70. The van der Waals surface area contributed by atoms with Crippen LogP contribution in [0.1, 0.15) is 48.5 Å². The Morgan fingerprint density at radius 1 is 1.26 bits per heavy atom. The molecule has 0 unspecified atom stereocenters. The highest BCUT2D eigenvalue weighted by molar-refractivity contribution is 6.30. The van der Waals surface area contributed by atoms with Gasteiger partial charge in [-0.1, -0.05) is 11.6 Å². The first kappa shape index (κ1) is 22.6. The van der Waals surface area contributed by atoms with Crippen molar-refractivity contribution in [3.63, 3.8) is 0 Å². The highest BCUT2D eigenvalue weighted by Crippen LogP contribution is 2.30. The Morgan fingerprint density at radius 2 is 2.00 bits per heavy atom. The molecule has 0 aliphatic heterocycles. The normalized spacial score (nSPS) is 24.1. The predicted molar refractivity (Wildman–Crippen MR) is 126 cm³/mol. The second-order valence-corrected chi connectivity index (χ2v) is 9.21. The van der Waals surface area contributed by atoms with Crippen LogP contribution < -0.4 is 21.5 Å². The molecule has 2 saturated carbocycles. The van der Waals surface area contributed by atoms with E-state index in [9.17, 15) is 19.1 Å². The predicted octanol–water partition coefficient (Wildman–Crippen LogP) is 2.65. The molecule has 0 spiro atoms. The molecule has 0 bridgehead atoms. The van der Waals surface area contributed by atoms with Crippen LogP contribution in [0.4, 0.5) is 21.7 Å². The van der Waals surface area contributed by atoms with Gasteiger partial charge in [-0.3, -0.25) is 9.59 Å². The fourth-order valence-corrected chi connectivity index (χ4v) is 4.54. The number of nitrogens with one attached hydrogen (secondary N) is 3. The van der Waals surface area contributed by atoms with Crippen LogP contribution in [0.15, 0.2) is 29.3 Å². The van der Waals surface area contributed by atoms with Crippen LogP contribution in [0.2, 0.25) is 5.02 Å². The summed E-state index contributed by atoms with van der Waals surface area (Å²) in [6.45, 7) is 0. The number of aliphatic hydroxyl groups excluding tert-OH is 1. The molecule has 2 fully saturated rings. The number of anilines is 3. The van der Waals surface area contributed by atoms with Crippen molar-refractivity contribution in [3.05, 3.63) is 45.5 Å². The molecule has 180 valence electrons. The Bertz CT molecular complexity index is 1300. The molecule has 10 nitrogen and oxygen atoms in total. The van der Waals surface area contributed by atoms with Crippen molar-refractivity contribution in [2.75, 3.05) is 17.7 Å². The lowest BCUT2D eigenvalue weighted by molar-refractivity contribution is 0.0949. The zero-order chi connectivity index (χ0) is 24.0. The van der Waals surface area contributed by atoms with Crippen molar-refractivity contribution in [2.24, 2.45) is 0 Å². The van der Waals surface area contributed by atoms with Crippen LogP contribution in [0, 0.1) is 0 Å². The number of alkyl halides is 1. The number of aromatic nitrogens is 4. The van der Waals surface area contributed by atoms with Gasteiger partial charge in [0.2, 0.25) is 0 Å². The van der Waals surface area contributed by atoms with Gasteiger partial charge in [-0.25, -0.2) is 9.37 Å². The standard InChI is InChI=1S/C22H25ClFN7O3/c1-25-19-8-18(29-20-14(9-26-31(19)20)21(33)28-16-7-15(16)24)27-17-6-11(23)10-30(22(17)34)12-2-4-13(32)5-3-12/h6,8-10,12-13,15-16,25,32H,2-5,7H2,1H3,(H,27,29)(H,28,33)/t12-,13-,15-,16+/m1/s1. The van der Waals surface area contributed by atoms with Gasteiger partial charge < -0.3 is 25.6 Å². The molecule has 2 atom stereocenters. The molecule has 0 aromatic carbocycles. The topological polar surface area (TPSA) is 126 Å². The molecule has 0 saturated heterocycles. The van der Waals surface area contributed by atoms with Crippen molar-refractivity contribution >= 4 is 40.5 Å². The zero-order valence-corrected chi connectivity index (χ0v) is 19.2. The summed E-state index contributed by atoms with van der Waals surface area (Å²) in [5.74, 6) is 0.382. The van der Waals surface area contributed by atoms with Crippen LogP contribution in [-0.4, -0.2) is 55.5 Å². The summed E-state index contributed by atoms with van der Waals surface area (Å²) in [5.41, 5.74) is 0.434. The van der Waals surface area contributed by atoms with Gasteiger partial charge in [0.25, 0.3) is 11.5 Å². The number of halogens is 2. The van der Waals surface area contributed by atoms with Gasteiger partial charge in [0, 0.05) is 31.8 Å². The van der Waals surface area contributed by atoms with E-state index < -0.39 is 18.1 Å². The third-order valence-electron chi connectivity index (χ3n) is 6.33. The van der Waals surface area contributed by atoms with E-state index in [1.54, 1.807) is 23.9 Å². The Hall–Kier alpha value is -3.18. The van der Waals surface area contributed by atoms with Crippen LogP contribution >= 0.6 is 11.6 Å². The summed E-state index contributed by atoms with van der Waals surface area (Å²) in [6, 6.07) is 2.65. The first-order valence-electron chi connectivity index (χ1n) is 11.2. The molecule has 12 heteroatoms. The number of aliphatic hydroxyl groups is 1. The molecule has 2 aliphatic carbocycles. The number of fused-ring (bicyclic) bond motifs is 1. The van der Waals surface area contributed by atoms with Crippen LogP contribution in [-0.2, 0) is 0 Å². The second kappa shape index (κ2) is 8.88. The lowest BCUT2D eigenvalue weighted by Gasteiger charge is -2.27. The molecule has 3 heterocycles. The first-order valence-corrected chi connectivity index (χ1v) is 11.6. The molecule has 1 amide bonds. The second-order valence-electron chi connectivity index (χ2n) is 8.77. The quantitative estimate of drug-likeness (QED) is 0.419. The molecule has 4 N–H and O–H groups in total.